The van der Waals surface area contributed by atoms with Crippen LogP contribution in [0.25, 0.3) is 0 Å². The Labute approximate surface area is 177 Å². The zero-order chi connectivity index (χ0) is 20.1. The van der Waals surface area contributed by atoms with Crippen molar-refractivity contribution in [3.05, 3.63) is 64.7 Å². The Kier molecular flexibility index (Phi) is 4.43. The van der Waals surface area contributed by atoms with Crippen LogP contribution in [-0.4, -0.2) is 39.7 Å². The first kappa shape index (κ1) is 18.2. The predicted molar refractivity (Wildman–Crippen MR) is 114 cm³/mol. The van der Waals surface area contributed by atoms with Gasteiger partial charge in [0.2, 0.25) is 5.91 Å². The van der Waals surface area contributed by atoms with Gasteiger partial charge in [-0.2, -0.15) is 5.10 Å². The van der Waals surface area contributed by atoms with Gasteiger partial charge in [0, 0.05) is 30.1 Å². The van der Waals surface area contributed by atoms with Gasteiger partial charge in [-0.05, 0) is 67.7 Å². The number of nitrogens with zero attached hydrogens (tertiary/aromatic N) is 2. The molecule has 0 saturated heterocycles. The molecule has 5 nitrogen and oxygen atoms in total. The van der Waals surface area contributed by atoms with E-state index in [0.29, 0.717) is 23.9 Å². The summed E-state index contributed by atoms with van der Waals surface area (Å²) in [5.41, 5.74) is 5.35. The fraction of sp³-hybridized carbons (Fsp3) is 0.520. The molecular weight excluding hydrogens is 374 g/mol. The highest BCUT2D eigenvalue weighted by Crippen LogP contribution is 2.38. The van der Waals surface area contributed by atoms with Crippen LogP contribution in [0.4, 0.5) is 0 Å². The number of fused-ring (bicyclic) bond motifs is 1. The zero-order valence-electron chi connectivity index (χ0n) is 17.3. The molecule has 1 aromatic heterocycles. The van der Waals surface area contributed by atoms with Gasteiger partial charge in [-0.25, -0.2) is 0 Å². The molecule has 0 aromatic carbocycles. The molecule has 3 unspecified atom stereocenters. The summed E-state index contributed by atoms with van der Waals surface area (Å²) in [4.78, 5) is 15.8. The number of amides is 1. The molecule has 1 aromatic rings. The van der Waals surface area contributed by atoms with Crippen molar-refractivity contribution in [2.75, 3.05) is 6.61 Å². The number of nitrogens with one attached hydrogen (secondary N) is 1. The van der Waals surface area contributed by atoms with Gasteiger partial charge >= 0.3 is 0 Å². The summed E-state index contributed by atoms with van der Waals surface area (Å²) in [7, 11) is 0. The Morgan fingerprint density at radius 1 is 1.10 bits per heavy atom. The van der Waals surface area contributed by atoms with Gasteiger partial charge in [0.1, 0.15) is 5.76 Å². The van der Waals surface area contributed by atoms with Crippen LogP contribution in [0, 0.1) is 11.8 Å². The van der Waals surface area contributed by atoms with Crippen molar-refractivity contribution in [2.24, 2.45) is 11.8 Å². The van der Waals surface area contributed by atoms with Crippen LogP contribution >= 0.6 is 0 Å². The molecule has 1 N–H and O–H groups in total. The molecule has 156 valence electrons. The fourth-order valence-electron chi connectivity index (χ4n) is 5.58. The van der Waals surface area contributed by atoms with Crippen LogP contribution in [0.5, 0.6) is 0 Å². The first-order chi connectivity index (χ1) is 14.8. The van der Waals surface area contributed by atoms with E-state index >= 15 is 0 Å². The monoisotopic (exact) mass is 403 g/mol. The van der Waals surface area contributed by atoms with Crippen LogP contribution in [0.2, 0.25) is 0 Å². The van der Waals surface area contributed by atoms with Gasteiger partial charge in [-0.15, -0.1) is 0 Å². The molecule has 5 aliphatic rings. The summed E-state index contributed by atoms with van der Waals surface area (Å²) in [5, 5.41) is 7.32. The number of H-pyrrole nitrogens is 1. The number of aromatic amines is 1. The largest absolute Gasteiger partial charge is 0.493 e. The van der Waals surface area contributed by atoms with Gasteiger partial charge in [0.15, 0.2) is 0 Å². The molecule has 6 rings (SSSR count). The number of allylic oxidation sites excluding steroid dienone is 5. The molecule has 2 heterocycles. The number of hydrogen-bond acceptors (Lipinski definition) is 3. The minimum absolute atomic E-state index is 0.0164. The maximum absolute atomic E-state index is 13.5. The summed E-state index contributed by atoms with van der Waals surface area (Å²) < 4.78 is 5.67. The fourth-order valence-corrected chi connectivity index (χ4v) is 5.58. The molecule has 3 atom stereocenters. The molecule has 30 heavy (non-hydrogen) atoms. The third-order valence-electron chi connectivity index (χ3n) is 7.41. The molecule has 5 heteroatoms. The second-order valence-electron chi connectivity index (χ2n) is 9.39. The maximum atomic E-state index is 13.5. The van der Waals surface area contributed by atoms with Crippen LogP contribution in [-0.2, 0) is 22.4 Å². The Bertz CT molecular complexity index is 978. The van der Waals surface area contributed by atoms with Crippen molar-refractivity contribution < 1.29 is 9.53 Å². The first-order valence-corrected chi connectivity index (χ1v) is 11.5. The second-order valence-corrected chi connectivity index (χ2v) is 9.39. The Hall–Kier alpha value is -2.56. The van der Waals surface area contributed by atoms with Crippen molar-refractivity contribution in [1.29, 1.82) is 0 Å². The molecule has 1 fully saturated rings. The summed E-state index contributed by atoms with van der Waals surface area (Å²) >= 11 is 0. The number of hydrogen-bond donors (Lipinski definition) is 1. The van der Waals surface area contributed by atoms with Gasteiger partial charge in [0.05, 0.1) is 18.7 Å². The van der Waals surface area contributed by atoms with Gasteiger partial charge < -0.3 is 9.64 Å². The number of aromatic nitrogens is 2. The molecule has 1 aliphatic heterocycles. The SMILES string of the molecule is O=C(C1C=CC(C2C=CC3=C(CCO3)C2)=CC1)N(C1CC1)C1CCc2[nH]ncc2C1. The number of aryl methyl sites for hydroxylation is 1. The van der Waals surface area contributed by atoms with Gasteiger partial charge in [0.25, 0.3) is 0 Å². The van der Waals surface area contributed by atoms with E-state index in [1.165, 1.54) is 22.4 Å². The molecule has 0 radical (unpaired) electrons. The van der Waals surface area contributed by atoms with E-state index in [4.69, 9.17) is 4.74 Å². The van der Waals surface area contributed by atoms with Crippen molar-refractivity contribution in [1.82, 2.24) is 15.1 Å². The number of carbonyl (C=O) groups excluding carboxylic acids is 1. The standard InChI is InChI=1S/C25H29N3O2/c29-25(28(21-6-7-21)22-8-9-23-20(14-22)15-26-27-23)17-3-1-16(2-4-17)18-5-10-24-19(13-18)11-12-30-24/h1-3,5,10,15,17-18,21-22H,4,6-9,11-14H2,(H,26,27). The second kappa shape index (κ2) is 7.29. The third-order valence-corrected chi connectivity index (χ3v) is 7.41. The smallest absolute Gasteiger partial charge is 0.230 e. The minimum Gasteiger partial charge on any atom is -0.493 e. The van der Waals surface area contributed by atoms with Crippen LogP contribution in [0.1, 0.15) is 49.8 Å². The van der Waals surface area contributed by atoms with Crippen molar-refractivity contribution in [2.45, 2.75) is 63.5 Å². The highest BCUT2D eigenvalue weighted by Gasteiger charge is 2.40. The van der Waals surface area contributed by atoms with E-state index in [-0.39, 0.29) is 5.92 Å². The van der Waals surface area contributed by atoms with Crippen LogP contribution < -0.4 is 0 Å². The lowest BCUT2D eigenvalue weighted by atomic mass is 9.82. The lowest BCUT2D eigenvalue weighted by Gasteiger charge is -2.36. The normalized spacial score (nSPS) is 29.9. The molecule has 1 saturated carbocycles. The minimum atomic E-state index is -0.0164. The summed E-state index contributed by atoms with van der Waals surface area (Å²) in [5.74, 6) is 1.83. The third kappa shape index (κ3) is 3.24. The van der Waals surface area contributed by atoms with Crippen molar-refractivity contribution >= 4 is 5.91 Å². The molecule has 1 amide bonds. The van der Waals surface area contributed by atoms with E-state index in [1.807, 2.05) is 6.20 Å². The molecule has 4 aliphatic carbocycles. The van der Waals surface area contributed by atoms with Crippen LogP contribution in [0.3, 0.4) is 0 Å². The number of carbonyl (C=O) groups is 1. The number of rotatable bonds is 4. The summed E-state index contributed by atoms with van der Waals surface area (Å²) in [6, 6.07) is 0.770. The van der Waals surface area contributed by atoms with Gasteiger partial charge in [-0.3, -0.25) is 9.89 Å². The predicted octanol–water partition coefficient (Wildman–Crippen LogP) is 4.01. The molecule has 0 bridgehead atoms. The lowest BCUT2D eigenvalue weighted by Crippen LogP contribution is -2.47. The molecule has 0 spiro atoms. The average Bonchev–Trinajstić information content (AvgIpc) is 3.31. The maximum Gasteiger partial charge on any atom is 0.230 e. The Morgan fingerprint density at radius 3 is 2.87 bits per heavy atom. The number of ether oxygens (including phenoxy) is 1. The van der Waals surface area contributed by atoms with E-state index in [1.54, 1.807) is 0 Å². The van der Waals surface area contributed by atoms with Crippen LogP contribution in [0.15, 0.2) is 53.5 Å². The van der Waals surface area contributed by atoms with E-state index in [0.717, 1.165) is 63.7 Å². The quantitative estimate of drug-likeness (QED) is 0.826. The Morgan fingerprint density at radius 2 is 2.03 bits per heavy atom. The average molecular weight is 404 g/mol. The Balaban J connectivity index is 1.13. The van der Waals surface area contributed by atoms with E-state index in [9.17, 15) is 4.79 Å². The van der Waals surface area contributed by atoms with Crippen molar-refractivity contribution in [3.8, 4) is 0 Å². The van der Waals surface area contributed by atoms with E-state index in [2.05, 4.69) is 45.5 Å². The summed E-state index contributed by atoms with van der Waals surface area (Å²) in [6.45, 7) is 0.825. The molecular formula is C25H29N3O2. The summed E-state index contributed by atoms with van der Waals surface area (Å²) in [6.07, 6.45) is 21.3. The lowest BCUT2D eigenvalue weighted by molar-refractivity contribution is -0.137. The van der Waals surface area contributed by atoms with Gasteiger partial charge in [-0.1, -0.05) is 24.3 Å². The zero-order valence-corrected chi connectivity index (χ0v) is 17.3. The van der Waals surface area contributed by atoms with E-state index < -0.39 is 0 Å². The highest BCUT2D eigenvalue weighted by molar-refractivity contribution is 5.82. The highest BCUT2D eigenvalue weighted by atomic mass is 16.5. The van der Waals surface area contributed by atoms with Crippen molar-refractivity contribution in [3.63, 3.8) is 0 Å². The topological polar surface area (TPSA) is 58.2 Å². The first-order valence-electron chi connectivity index (χ1n) is 11.5.